The van der Waals surface area contributed by atoms with Crippen molar-refractivity contribution in [1.29, 1.82) is 0 Å². The van der Waals surface area contributed by atoms with Gasteiger partial charge in [0.1, 0.15) is 17.3 Å². The predicted molar refractivity (Wildman–Crippen MR) is 86.4 cm³/mol. The zero-order valence-electron chi connectivity index (χ0n) is 13.1. The maximum absolute atomic E-state index is 14.2. The normalized spacial score (nSPS) is 10.2. The minimum atomic E-state index is -1.51. The standard InChI is InChI=1S/C18H11F4NO3/c1-3-14(24)23-18-11(19)7-9(8-12(18)20)10-5-6-13(17(22)16(10)21)26-15(25)4-2/h3-8H,1-2H2,(H,23,24). The van der Waals surface area contributed by atoms with Crippen LogP contribution in [0.5, 0.6) is 5.75 Å². The number of carbonyl (C=O) groups excluding carboxylic acids is 2. The van der Waals surface area contributed by atoms with Gasteiger partial charge in [-0.25, -0.2) is 18.0 Å². The zero-order chi connectivity index (χ0) is 19.4. The number of benzene rings is 2. The molecule has 26 heavy (non-hydrogen) atoms. The van der Waals surface area contributed by atoms with E-state index < -0.39 is 52.1 Å². The molecule has 0 saturated carbocycles. The van der Waals surface area contributed by atoms with Gasteiger partial charge in [0, 0.05) is 11.6 Å². The summed E-state index contributed by atoms with van der Waals surface area (Å²) in [6, 6.07) is 3.35. The maximum Gasteiger partial charge on any atom is 0.335 e. The predicted octanol–water partition coefficient (Wildman–Crippen LogP) is 4.13. The van der Waals surface area contributed by atoms with E-state index in [9.17, 15) is 27.2 Å². The lowest BCUT2D eigenvalue weighted by Gasteiger charge is -2.11. The quantitative estimate of drug-likeness (QED) is 0.375. The molecule has 0 aliphatic carbocycles. The summed E-state index contributed by atoms with van der Waals surface area (Å²) in [6.07, 6.45) is 1.57. The Morgan fingerprint density at radius 3 is 2.12 bits per heavy atom. The summed E-state index contributed by atoms with van der Waals surface area (Å²) < 4.78 is 60.8. The molecule has 0 aliphatic rings. The first-order valence-corrected chi connectivity index (χ1v) is 7.03. The van der Waals surface area contributed by atoms with Crippen LogP contribution in [0, 0.1) is 23.3 Å². The Morgan fingerprint density at radius 1 is 0.962 bits per heavy atom. The Hall–Kier alpha value is -3.42. The van der Waals surface area contributed by atoms with E-state index in [0.717, 1.165) is 36.4 Å². The van der Waals surface area contributed by atoms with E-state index in [1.54, 1.807) is 0 Å². The number of nitrogens with one attached hydrogen (secondary N) is 1. The number of carbonyl (C=O) groups is 2. The smallest absolute Gasteiger partial charge is 0.335 e. The summed E-state index contributed by atoms with van der Waals surface area (Å²) in [6.45, 7) is 6.27. The highest BCUT2D eigenvalue weighted by Crippen LogP contribution is 2.33. The molecule has 0 saturated heterocycles. The maximum atomic E-state index is 14.2. The Balaban J connectivity index is 2.47. The van der Waals surface area contributed by atoms with Crippen LogP contribution >= 0.6 is 0 Å². The second-order valence-corrected chi connectivity index (χ2v) is 4.87. The average Bonchev–Trinajstić information content (AvgIpc) is 2.61. The van der Waals surface area contributed by atoms with Crippen molar-refractivity contribution in [3.05, 3.63) is 72.8 Å². The van der Waals surface area contributed by atoms with Crippen molar-refractivity contribution < 1.29 is 31.9 Å². The molecule has 0 atom stereocenters. The molecule has 1 N–H and O–H groups in total. The number of esters is 1. The van der Waals surface area contributed by atoms with E-state index in [2.05, 4.69) is 17.9 Å². The van der Waals surface area contributed by atoms with Crippen LogP contribution in [0.1, 0.15) is 0 Å². The first-order valence-electron chi connectivity index (χ1n) is 7.03. The minimum Gasteiger partial charge on any atom is -0.420 e. The van der Waals surface area contributed by atoms with Crippen LogP contribution in [0.3, 0.4) is 0 Å². The second-order valence-electron chi connectivity index (χ2n) is 4.87. The first kappa shape index (κ1) is 18.9. The molecule has 0 heterocycles. The number of halogens is 4. The van der Waals surface area contributed by atoms with Crippen LogP contribution < -0.4 is 10.1 Å². The van der Waals surface area contributed by atoms with Gasteiger partial charge in [0.15, 0.2) is 11.6 Å². The van der Waals surface area contributed by atoms with Crippen LogP contribution in [0.2, 0.25) is 0 Å². The molecule has 1 amide bonds. The fourth-order valence-corrected chi connectivity index (χ4v) is 2.01. The Labute approximate surface area is 145 Å². The molecule has 0 fully saturated rings. The molecule has 0 aliphatic heterocycles. The van der Waals surface area contributed by atoms with Gasteiger partial charge in [-0.2, -0.15) is 4.39 Å². The third-order valence-electron chi connectivity index (χ3n) is 3.21. The summed E-state index contributed by atoms with van der Waals surface area (Å²) in [5.41, 5.74) is -1.55. The Morgan fingerprint density at radius 2 is 1.58 bits per heavy atom. The molecule has 8 heteroatoms. The summed E-state index contributed by atoms with van der Waals surface area (Å²) >= 11 is 0. The lowest BCUT2D eigenvalue weighted by molar-refractivity contribution is -0.129. The second kappa shape index (κ2) is 7.64. The summed E-state index contributed by atoms with van der Waals surface area (Å²) in [5, 5.41) is 1.93. The van der Waals surface area contributed by atoms with Gasteiger partial charge in [0.2, 0.25) is 11.7 Å². The summed E-state index contributed by atoms with van der Waals surface area (Å²) in [5.74, 6) is -7.93. The number of hydrogen-bond donors (Lipinski definition) is 1. The van der Waals surface area contributed by atoms with Crippen LogP contribution in [-0.4, -0.2) is 11.9 Å². The van der Waals surface area contributed by atoms with Crippen LogP contribution in [0.15, 0.2) is 49.6 Å². The molecule has 134 valence electrons. The molecule has 0 aromatic heterocycles. The molecule has 0 radical (unpaired) electrons. The topological polar surface area (TPSA) is 55.4 Å². The zero-order valence-corrected chi connectivity index (χ0v) is 13.1. The van der Waals surface area contributed by atoms with Gasteiger partial charge >= 0.3 is 5.97 Å². The molecular weight excluding hydrogens is 354 g/mol. The molecule has 0 spiro atoms. The lowest BCUT2D eigenvalue weighted by atomic mass is 10.0. The van der Waals surface area contributed by atoms with Crippen molar-refractivity contribution in [3.63, 3.8) is 0 Å². The number of ether oxygens (including phenoxy) is 1. The third-order valence-corrected chi connectivity index (χ3v) is 3.21. The van der Waals surface area contributed by atoms with E-state index in [0.29, 0.717) is 0 Å². The van der Waals surface area contributed by atoms with Gasteiger partial charge in [0.05, 0.1) is 0 Å². The van der Waals surface area contributed by atoms with E-state index in [4.69, 9.17) is 0 Å². The molecule has 0 bridgehead atoms. The highest BCUT2D eigenvalue weighted by Gasteiger charge is 2.20. The van der Waals surface area contributed by atoms with Gasteiger partial charge in [-0.1, -0.05) is 13.2 Å². The average molecular weight is 365 g/mol. The monoisotopic (exact) mass is 365 g/mol. The highest BCUT2D eigenvalue weighted by molar-refractivity contribution is 5.99. The summed E-state index contributed by atoms with van der Waals surface area (Å²) in [7, 11) is 0. The fourth-order valence-electron chi connectivity index (χ4n) is 2.01. The lowest BCUT2D eigenvalue weighted by Crippen LogP contribution is -2.11. The highest BCUT2D eigenvalue weighted by atomic mass is 19.2. The van der Waals surface area contributed by atoms with E-state index in [-0.39, 0.29) is 5.56 Å². The molecule has 4 nitrogen and oxygen atoms in total. The molecule has 2 rings (SSSR count). The number of amides is 1. The van der Waals surface area contributed by atoms with Crippen molar-refractivity contribution in [3.8, 4) is 16.9 Å². The number of hydrogen-bond acceptors (Lipinski definition) is 3. The van der Waals surface area contributed by atoms with Crippen molar-refractivity contribution in [1.82, 2.24) is 0 Å². The largest absolute Gasteiger partial charge is 0.420 e. The van der Waals surface area contributed by atoms with Crippen LogP contribution in [0.25, 0.3) is 11.1 Å². The third kappa shape index (κ3) is 3.80. The first-order chi connectivity index (χ1) is 12.3. The van der Waals surface area contributed by atoms with Gasteiger partial charge in [-0.05, 0) is 35.9 Å². The number of rotatable bonds is 5. The van der Waals surface area contributed by atoms with Gasteiger partial charge in [-0.15, -0.1) is 0 Å². The van der Waals surface area contributed by atoms with Crippen molar-refractivity contribution in [2.45, 2.75) is 0 Å². The fraction of sp³-hybridized carbons (Fsp3) is 0. The van der Waals surface area contributed by atoms with E-state index >= 15 is 0 Å². The van der Waals surface area contributed by atoms with Crippen molar-refractivity contribution in [2.24, 2.45) is 0 Å². The minimum absolute atomic E-state index is 0.324. The Kier molecular flexibility index (Phi) is 5.56. The van der Waals surface area contributed by atoms with Crippen LogP contribution in [-0.2, 0) is 9.59 Å². The van der Waals surface area contributed by atoms with E-state index in [1.165, 1.54) is 0 Å². The van der Waals surface area contributed by atoms with Crippen LogP contribution in [0.4, 0.5) is 23.2 Å². The van der Waals surface area contributed by atoms with Gasteiger partial charge in [0.25, 0.3) is 0 Å². The number of anilines is 1. The van der Waals surface area contributed by atoms with Gasteiger partial charge in [-0.3, -0.25) is 4.79 Å². The Bertz CT molecular complexity index is 902. The van der Waals surface area contributed by atoms with Crippen molar-refractivity contribution in [2.75, 3.05) is 5.32 Å². The molecule has 2 aromatic rings. The molecular formula is C18H11F4NO3. The molecule has 2 aromatic carbocycles. The summed E-state index contributed by atoms with van der Waals surface area (Å²) in [4.78, 5) is 22.2. The SMILES string of the molecule is C=CC(=O)Nc1c(F)cc(-c2ccc(OC(=O)C=C)c(F)c2F)cc1F. The van der Waals surface area contributed by atoms with Crippen molar-refractivity contribution >= 4 is 17.6 Å². The molecule has 0 unspecified atom stereocenters. The van der Waals surface area contributed by atoms with Gasteiger partial charge < -0.3 is 10.1 Å². The van der Waals surface area contributed by atoms with E-state index in [1.807, 2.05) is 5.32 Å².